The van der Waals surface area contributed by atoms with Gasteiger partial charge in [0.05, 0.1) is 0 Å². The minimum absolute atomic E-state index is 0.191. The first-order valence-electron chi connectivity index (χ1n) is 7.35. The largest absolute Gasteiger partial charge is 0.310 e. The Morgan fingerprint density at radius 2 is 2.11 bits per heavy atom. The molecule has 1 aromatic rings. The molecule has 19 heavy (non-hydrogen) atoms. The third kappa shape index (κ3) is 4.57. The second kappa shape index (κ2) is 7.39. The maximum absolute atomic E-state index is 13.0. The van der Waals surface area contributed by atoms with Crippen molar-refractivity contribution in [2.75, 3.05) is 6.54 Å². The molecule has 1 N–H and O–H groups in total. The molecular weight excluding hydrogens is 305 g/mol. The third-order valence-electron chi connectivity index (χ3n) is 4.14. The van der Waals surface area contributed by atoms with Crippen LogP contribution >= 0.6 is 15.9 Å². The zero-order valence-corrected chi connectivity index (χ0v) is 13.2. The maximum Gasteiger partial charge on any atom is 0.124 e. The van der Waals surface area contributed by atoms with Crippen LogP contribution in [0.4, 0.5) is 4.39 Å². The second-order valence-electron chi connectivity index (χ2n) is 5.63. The van der Waals surface area contributed by atoms with Gasteiger partial charge in [0.25, 0.3) is 0 Å². The summed E-state index contributed by atoms with van der Waals surface area (Å²) in [5.41, 5.74) is 1.13. The molecule has 0 aliphatic heterocycles. The summed E-state index contributed by atoms with van der Waals surface area (Å²) >= 11 is 3.43. The summed E-state index contributed by atoms with van der Waals surface area (Å²) in [5, 5.41) is 3.53. The predicted molar refractivity (Wildman–Crippen MR) is 81.7 cm³/mol. The van der Waals surface area contributed by atoms with Gasteiger partial charge in [-0.1, -0.05) is 47.7 Å². The van der Waals surface area contributed by atoms with Crippen molar-refractivity contribution in [1.82, 2.24) is 5.32 Å². The molecule has 2 rings (SSSR count). The molecule has 1 unspecified atom stereocenters. The number of benzene rings is 1. The fourth-order valence-corrected chi connectivity index (χ4v) is 3.67. The first kappa shape index (κ1) is 15.0. The molecule has 3 heteroatoms. The maximum atomic E-state index is 13.0. The van der Waals surface area contributed by atoms with Crippen molar-refractivity contribution in [2.24, 2.45) is 5.92 Å². The quantitative estimate of drug-likeness (QED) is 0.707. The molecule has 1 nitrogen and oxygen atoms in total. The summed E-state index contributed by atoms with van der Waals surface area (Å²) in [4.78, 5) is 0. The predicted octanol–water partition coefficient (Wildman–Crippen LogP) is 5.21. The van der Waals surface area contributed by atoms with E-state index in [0.717, 1.165) is 22.5 Å². The van der Waals surface area contributed by atoms with E-state index in [1.54, 1.807) is 0 Å². The Morgan fingerprint density at radius 3 is 2.79 bits per heavy atom. The van der Waals surface area contributed by atoms with Crippen LogP contribution in [-0.4, -0.2) is 6.54 Å². The zero-order valence-electron chi connectivity index (χ0n) is 11.6. The first-order valence-corrected chi connectivity index (χ1v) is 8.14. The number of rotatable bonds is 6. The van der Waals surface area contributed by atoms with E-state index in [1.807, 2.05) is 6.07 Å². The van der Waals surface area contributed by atoms with Gasteiger partial charge in [0, 0.05) is 10.5 Å². The molecule has 0 bridgehead atoms. The van der Waals surface area contributed by atoms with Crippen molar-refractivity contribution in [3.8, 4) is 0 Å². The fraction of sp³-hybridized carbons (Fsp3) is 0.625. The van der Waals surface area contributed by atoms with Gasteiger partial charge < -0.3 is 5.32 Å². The Bertz CT molecular complexity index is 402. The Labute approximate surface area is 124 Å². The van der Waals surface area contributed by atoms with Gasteiger partial charge in [0.15, 0.2) is 0 Å². The number of halogens is 2. The van der Waals surface area contributed by atoms with Crippen LogP contribution in [0, 0.1) is 11.7 Å². The third-order valence-corrected chi connectivity index (χ3v) is 4.83. The Balaban J connectivity index is 1.72. The van der Waals surface area contributed by atoms with Gasteiger partial charge in [-0.25, -0.2) is 4.39 Å². The summed E-state index contributed by atoms with van der Waals surface area (Å²) < 4.78 is 13.9. The van der Waals surface area contributed by atoms with Crippen molar-refractivity contribution in [3.63, 3.8) is 0 Å². The van der Waals surface area contributed by atoms with Gasteiger partial charge in [-0.3, -0.25) is 0 Å². The topological polar surface area (TPSA) is 12.0 Å². The van der Waals surface area contributed by atoms with Crippen LogP contribution in [0.3, 0.4) is 0 Å². The fourth-order valence-electron chi connectivity index (χ4n) is 2.97. The molecule has 1 saturated carbocycles. The van der Waals surface area contributed by atoms with E-state index in [4.69, 9.17) is 0 Å². The summed E-state index contributed by atoms with van der Waals surface area (Å²) in [6.45, 7) is 3.18. The van der Waals surface area contributed by atoms with E-state index in [0.29, 0.717) is 0 Å². The highest BCUT2D eigenvalue weighted by Crippen LogP contribution is 2.28. The minimum Gasteiger partial charge on any atom is -0.310 e. The molecule has 0 spiro atoms. The number of hydrogen-bond acceptors (Lipinski definition) is 1. The van der Waals surface area contributed by atoms with E-state index in [-0.39, 0.29) is 11.9 Å². The molecule has 106 valence electrons. The number of hydrogen-bond donors (Lipinski definition) is 1. The van der Waals surface area contributed by atoms with Crippen LogP contribution in [0.1, 0.15) is 57.1 Å². The minimum atomic E-state index is -0.191. The van der Waals surface area contributed by atoms with Crippen molar-refractivity contribution in [2.45, 2.75) is 51.5 Å². The molecule has 1 atom stereocenters. The highest BCUT2D eigenvalue weighted by molar-refractivity contribution is 9.10. The highest BCUT2D eigenvalue weighted by Gasteiger charge is 2.14. The SMILES string of the molecule is CC(NCCCC1CCCC1)c1ccc(F)cc1Br. The van der Waals surface area contributed by atoms with Crippen LogP contribution in [-0.2, 0) is 0 Å². The lowest BCUT2D eigenvalue weighted by atomic mass is 10.0. The Kier molecular flexibility index (Phi) is 5.83. The van der Waals surface area contributed by atoms with E-state index < -0.39 is 0 Å². The lowest BCUT2D eigenvalue weighted by molar-refractivity contribution is 0.456. The second-order valence-corrected chi connectivity index (χ2v) is 6.49. The van der Waals surface area contributed by atoms with Gasteiger partial charge in [0.2, 0.25) is 0 Å². The van der Waals surface area contributed by atoms with Crippen LogP contribution in [0.15, 0.2) is 22.7 Å². The normalized spacial score (nSPS) is 17.8. The van der Waals surface area contributed by atoms with Crippen LogP contribution in [0.25, 0.3) is 0 Å². The van der Waals surface area contributed by atoms with Gasteiger partial charge in [-0.05, 0) is 49.9 Å². The van der Waals surface area contributed by atoms with E-state index >= 15 is 0 Å². The monoisotopic (exact) mass is 327 g/mol. The number of nitrogens with one attached hydrogen (secondary N) is 1. The molecule has 0 saturated heterocycles. The van der Waals surface area contributed by atoms with E-state index in [9.17, 15) is 4.39 Å². The lowest BCUT2D eigenvalue weighted by Crippen LogP contribution is -2.20. The Hall–Kier alpha value is -0.410. The van der Waals surface area contributed by atoms with Gasteiger partial charge in [-0.2, -0.15) is 0 Å². The molecule has 1 aliphatic rings. The summed E-state index contributed by atoms with van der Waals surface area (Å²) in [5.74, 6) is 0.777. The van der Waals surface area contributed by atoms with Crippen LogP contribution < -0.4 is 5.32 Å². The van der Waals surface area contributed by atoms with Crippen molar-refractivity contribution in [1.29, 1.82) is 0 Å². The molecule has 0 aromatic heterocycles. The lowest BCUT2D eigenvalue weighted by Gasteiger charge is -2.16. The summed E-state index contributed by atoms with van der Waals surface area (Å²) in [6.07, 6.45) is 8.31. The summed E-state index contributed by atoms with van der Waals surface area (Å²) in [6, 6.07) is 5.18. The highest BCUT2D eigenvalue weighted by atomic mass is 79.9. The van der Waals surface area contributed by atoms with Crippen molar-refractivity contribution >= 4 is 15.9 Å². The van der Waals surface area contributed by atoms with Crippen molar-refractivity contribution < 1.29 is 4.39 Å². The molecular formula is C16H23BrFN. The molecule has 1 fully saturated rings. The average Bonchev–Trinajstić information content (AvgIpc) is 2.87. The average molecular weight is 328 g/mol. The first-order chi connectivity index (χ1) is 9.16. The molecule has 1 aliphatic carbocycles. The smallest absolute Gasteiger partial charge is 0.124 e. The zero-order chi connectivity index (χ0) is 13.7. The molecule has 0 radical (unpaired) electrons. The van der Waals surface area contributed by atoms with Crippen molar-refractivity contribution in [3.05, 3.63) is 34.1 Å². The van der Waals surface area contributed by atoms with Crippen LogP contribution in [0.2, 0.25) is 0 Å². The molecule has 0 heterocycles. The van der Waals surface area contributed by atoms with Gasteiger partial charge in [0.1, 0.15) is 5.82 Å². The van der Waals surface area contributed by atoms with E-state index in [2.05, 4.69) is 28.2 Å². The van der Waals surface area contributed by atoms with Gasteiger partial charge >= 0.3 is 0 Å². The molecule has 0 amide bonds. The molecule has 1 aromatic carbocycles. The van der Waals surface area contributed by atoms with Crippen LogP contribution in [0.5, 0.6) is 0 Å². The van der Waals surface area contributed by atoms with Gasteiger partial charge in [-0.15, -0.1) is 0 Å². The standard InChI is InChI=1S/C16H23BrFN/c1-12(15-9-8-14(18)11-16(15)17)19-10-4-7-13-5-2-3-6-13/h8-9,11-13,19H,2-7,10H2,1H3. The Morgan fingerprint density at radius 1 is 1.37 bits per heavy atom. The summed E-state index contributed by atoms with van der Waals surface area (Å²) in [7, 11) is 0. The van der Waals surface area contributed by atoms with E-state index in [1.165, 1.54) is 50.7 Å².